The Bertz CT molecular complexity index is 222. The maximum Gasteiger partial charge on any atom is 0.0597 e. The maximum absolute atomic E-state index is 8.86. The van der Waals surface area contributed by atoms with Crippen molar-refractivity contribution < 1.29 is 5.11 Å². The van der Waals surface area contributed by atoms with Gasteiger partial charge < -0.3 is 16.2 Å². The van der Waals surface area contributed by atoms with E-state index >= 15 is 0 Å². The van der Waals surface area contributed by atoms with Crippen LogP contribution in [0.25, 0.3) is 0 Å². The molecule has 0 spiro atoms. The Kier molecular flexibility index (Phi) is 4.46. The minimum atomic E-state index is 0.000191. The van der Waals surface area contributed by atoms with E-state index in [2.05, 4.69) is 5.32 Å². The molecule has 1 rings (SSSR count). The molecule has 0 aromatic heterocycles. The highest BCUT2D eigenvalue weighted by Gasteiger charge is 2.02. The minimum absolute atomic E-state index is 0.000191. The van der Waals surface area contributed by atoms with Crippen LogP contribution in [0, 0.1) is 0 Å². The summed E-state index contributed by atoms with van der Waals surface area (Å²) < 4.78 is 0. The van der Waals surface area contributed by atoms with Crippen LogP contribution in [-0.2, 0) is 6.54 Å². The van der Waals surface area contributed by atoms with Crippen molar-refractivity contribution in [3.8, 4) is 0 Å². The van der Waals surface area contributed by atoms with E-state index in [0.717, 1.165) is 6.54 Å². The molecule has 0 heterocycles. The average molecular weight is 180 g/mol. The number of nitrogens with two attached hydrogens (primary N) is 1. The second kappa shape index (κ2) is 5.70. The Morgan fingerprint density at radius 1 is 1.31 bits per heavy atom. The molecule has 72 valence electrons. The lowest BCUT2D eigenvalue weighted by Crippen LogP contribution is -2.38. The molecule has 0 unspecified atom stereocenters. The van der Waals surface area contributed by atoms with Crippen LogP contribution in [0.4, 0.5) is 0 Å². The molecule has 0 radical (unpaired) electrons. The quantitative estimate of drug-likeness (QED) is 0.602. The zero-order valence-corrected chi connectivity index (χ0v) is 7.61. The zero-order chi connectivity index (χ0) is 9.52. The smallest absolute Gasteiger partial charge is 0.0597 e. The molecule has 4 N–H and O–H groups in total. The number of aliphatic hydroxyl groups excluding tert-OH is 1. The van der Waals surface area contributed by atoms with E-state index in [1.54, 1.807) is 0 Å². The number of benzene rings is 1. The monoisotopic (exact) mass is 180 g/mol. The third-order valence-corrected chi connectivity index (χ3v) is 1.94. The van der Waals surface area contributed by atoms with Gasteiger partial charge in [-0.2, -0.15) is 0 Å². The topological polar surface area (TPSA) is 58.3 Å². The highest BCUT2D eigenvalue weighted by atomic mass is 16.3. The van der Waals surface area contributed by atoms with Gasteiger partial charge in [0, 0.05) is 19.1 Å². The van der Waals surface area contributed by atoms with Gasteiger partial charge in [0.25, 0.3) is 0 Å². The fourth-order valence-electron chi connectivity index (χ4n) is 1.08. The summed E-state index contributed by atoms with van der Waals surface area (Å²) in [6, 6.07) is 10.0. The Labute approximate surface area is 78.6 Å². The van der Waals surface area contributed by atoms with E-state index in [1.165, 1.54) is 5.56 Å². The number of rotatable bonds is 5. The van der Waals surface area contributed by atoms with Crippen molar-refractivity contribution in [2.75, 3.05) is 13.2 Å². The molecular weight excluding hydrogens is 164 g/mol. The van der Waals surface area contributed by atoms with Crippen molar-refractivity contribution in [2.45, 2.75) is 12.6 Å². The molecule has 0 fully saturated rings. The molecule has 3 heteroatoms. The molecule has 0 aliphatic rings. The van der Waals surface area contributed by atoms with Crippen LogP contribution in [0.3, 0.4) is 0 Å². The lowest BCUT2D eigenvalue weighted by atomic mass is 10.2. The summed E-state index contributed by atoms with van der Waals surface area (Å²) >= 11 is 0. The highest BCUT2D eigenvalue weighted by molar-refractivity contribution is 5.14. The van der Waals surface area contributed by atoms with Crippen molar-refractivity contribution in [2.24, 2.45) is 5.73 Å². The van der Waals surface area contributed by atoms with Gasteiger partial charge in [-0.1, -0.05) is 30.3 Å². The number of hydrogen-bond donors (Lipinski definition) is 3. The van der Waals surface area contributed by atoms with Crippen molar-refractivity contribution in [1.82, 2.24) is 5.32 Å². The Balaban J connectivity index is 2.34. The Morgan fingerprint density at radius 2 is 2.00 bits per heavy atom. The van der Waals surface area contributed by atoms with Crippen molar-refractivity contribution in [3.05, 3.63) is 35.9 Å². The fraction of sp³-hybridized carbons (Fsp3) is 0.400. The zero-order valence-electron chi connectivity index (χ0n) is 7.61. The third-order valence-electron chi connectivity index (χ3n) is 1.94. The van der Waals surface area contributed by atoms with E-state index in [1.807, 2.05) is 30.3 Å². The number of nitrogens with one attached hydrogen (secondary N) is 1. The van der Waals surface area contributed by atoms with E-state index in [0.29, 0.717) is 6.54 Å². The molecular formula is C10H16N2O. The second-order valence-corrected chi connectivity index (χ2v) is 2.98. The molecule has 0 aliphatic carbocycles. The summed E-state index contributed by atoms with van der Waals surface area (Å²) in [6.07, 6.45) is 0. The molecule has 0 bridgehead atoms. The lowest BCUT2D eigenvalue weighted by Gasteiger charge is -2.13. The lowest BCUT2D eigenvalue weighted by molar-refractivity contribution is 0.245. The molecule has 0 saturated carbocycles. The largest absolute Gasteiger partial charge is 0.395 e. The normalized spacial score (nSPS) is 12.8. The summed E-state index contributed by atoms with van der Waals surface area (Å²) in [6.45, 7) is 1.30. The molecule has 13 heavy (non-hydrogen) atoms. The van der Waals surface area contributed by atoms with Gasteiger partial charge in [0.2, 0.25) is 0 Å². The molecule has 0 aliphatic heterocycles. The van der Waals surface area contributed by atoms with Crippen LogP contribution in [0.1, 0.15) is 5.56 Å². The van der Waals surface area contributed by atoms with Crippen LogP contribution in [0.2, 0.25) is 0 Å². The van der Waals surface area contributed by atoms with E-state index in [4.69, 9.17) is 10.8 Å². The van der Waals surface area contributed by atoms with Crippen LogP contribution in [0.15, 0.2) is 30.3 Å². The average Bonchev–Trinajstić information content (AvgIpc) is 2.21. The highest BCUT2D eigenvalue weighted by Crippen LogP contribution is 1.97. The summed E-state index contributed by atoms with van der Waals surface area (Å²) in [5.74, 6) is 0. The van der Waals surface area contributed by atoms with Gasteiger partial charge in [0.05, 0.1) is 6.61 Å². The molecule has 1 aromatic carbocycles. The third kappa shape index (κ3) is 3.55. The summed E-state index contributed by atoms with van der Waals surface area (Å²) in [4.78, 5) is 0. The van der Waals surface area contributed by atoms with Gasteiger partial charge in [-0.3, -0.25) is 0 Å². The van der Waals surface area contributed by atoms with E-state index in [-0.39, 0.29) is 12.6 Å². The first-order valence-corrected chi connectivity index (χ1v) is 4.45. The van der Waals surface area contributed by atoms with Gasteiger partial charge in [-0.15, -0.1) is 0 Å². The summed E-state index contributed by atoms with van der Waals surface area (Å²) in [5.41, 5.74) is 6.63. The SMILES string of the molecule is NC[C@@H](CO)NCc1ccccc1. The first-order valence-electron chi connectivity index (χ1n) is 4.45. The Hall–Kier alpha value is -0.900. The number of hydrogen-bond acceptors (Lipinski definition) is 3. The molecule has 0 saturated heterocycles. The predicted octanol–water partition coefficient (Wildman–Crippen LogP) is 0.0958. The summed E-state index contributed by atoms with van der Waals surface area (Å²) in [7, 11) is 0. The first-order chi connectivity index (χ1) is 6.36. The minimum Gasteiger partial charge on any atom is -0.395 e. The number of aliphatic hydroxyl groups is 1. The Morgan fingerprint density at radius 3 is 2.54 bits per heavy atom. The van der Waals surface area contributed by atoms with Gasteiger partial charge in [-0.25, -0.2) is 0 Å². The predicted molar refractivity (Wildman–Crippen MR) is 53.2 cm³/mol. The van der Waals surface area contributed by atoms with E-state index in [9.17, 15) is 0 Å². The molecule has 0 amide bonds. The maximum atomic E-state index is 8.86. The van der Waals surface area contributed by atoms with E-state index < -0.39 is 0 Å². The summed E-state index contributed by atoms with van der Waals surface area (Å²) in [5, 5.41) is 12.0. The van der Waals surface area contributed by atoms with Crippen LogP contribution >= 0.6 is 0 Å². The van der Waals surface area contributed by atoms with Crippen molar-refractivity contribution in [1.29, 1.82) is 0 Å². The van der Waals surface area contributed by atoms with Gasteiger partial charge in [0.15, 0.2) is 0 Å². The van der Waals surface area contributed by atoms with Crippen LogP contribution < -0.4 is 11.1 Å². The standard InChI is InChI=1S/C10H16N2O/c11-6-10(8-13)12-7-9-4-2-1-3-5-9/h1-5,10,12-13H,6-8,11H2/t10-/m0/s1. The second-order valence-electron chi connectivity index (χ2n) is 2.98. The van der Waals surface area contributed by atoms with Gasteiger partial charge >= 0.3 is 0 Å². The van der Waals surface area contributed by atoms with Crippen LogP contribution in [0.5, 0.6) is 0 Å². The van der Waals surface area contributed by atoms with Gasteiger partial charge in [-0.05, 0) is 5.56 Å². The van der Waals surface area contributed by atoms with Gasteiger partial charge in [0.1, 0.15) is 0 Å². The molecule has 1 aromatic rings. The first kappa shape index (κ1) is 10.2. The molecule has 1 atom stereocenters. The van der Waals surface area contributed by atoms with Crippen molar-refractivity contribution in [3.63, 3.8) is 0 Å². The van der Waals surface area contributed by atoms with Crippen molar-refractivity contribution >= 4 is 0 Å². The molecule has 3 nitrogen and oxygen atoms in total. The fourth-order valence-corrected chi connectivity index (χ4v) is 1.08. The van der Waals surface area contributed by atoms with Crippen LogP contribution in [-0.4, -0.2) is 24.3 Å².